The minimum atomic E-state index is 0. The number of fused-ring (bicyclic) bond motifs is 3. The number of nitrogens with one attached hydrogen (secondary N) is 1. The maximum absolute atomic E-state index is 4.81. The lowest BCUT2D eigenvalue weighted by Crippen LogP contribution is -2.46. The molecule has 3 nitrogen and oxygen atoms in total. The molecule has 2 fully saturated rings. The Kier molecular flexibility index (Phi) is 6.26. The number of rotatable bonds is 3. The molecule has 0 aliphatic carbocycles. The van der Waals surface area contributed by atoms with Crippen LogP contribution in [0.25, 0.3) is 10.9 Å². The summed E-state index contributed by atoms with van der Waals surface area (Å²) in [5, 5.41) is 4.95. The zero-order valence-corrected chi connectivity index (χ0v) is 15.1. The van der Waals surface area contributed by atoms with Gasteiger partial charge in [0.05, 0.1) is 11.2 Å². The highest BCUT2D eigenvalue weighted by Crippen LogP contribution is 2.29. The van der Waals surface area contributed by atoms with Crippen molar-refractivity contribution in [2.45, 2.75) is 50.4 Å². The van der Waals surface area contributed by atoms with Gasteiger partial charge in [-0.15, -0.1) is 24.8 Å². The molecule has 0 radical (unpaired) electrons. The third kappa shape index (κ3) is 3.97. The molecule has 2 saturated heterocycles. The Balaban J connectivity index is 0.000000960. The summed E-state index contributed by atoms with van der Waals surface area (Å²) in [6.45, 7) is 0.953. The fraction of sp³-hybridized carbons (Fsp3) is 0.500. The molecule has 3 heterocycles. The van der Waals surface area contributed by atoms with E-state index < -0.39 is 0 Å². The monoisotopic (exact) mass is 353 g/mol. The first-order valence-corrected chi connectivity index (χ1v) is 8.09. The van der Waals surface area contributed by atoms with Crippen LogP contribution in [-0.2, 0) is 6.54 Å². The Morgan fingerprint density at radius 1 is 1.04 bits per heavy atom. The van der Waals surface area contributed by atoms with E-state index in [4.69, 9.17) is 4.98 Å². The zero-order chi connectivity index (χ0) is 14.2. The van der Waals surface area contributed by atoms with Crippen LogP contribution in [0.1, 0.15) is 31.4 Å². The predicted molar refractivity (Wildman–Crippen MR) is 101 cm³/mol. The normalized spacial score (nSPS) is 25.9. The van der Waals surface area contributed by atoms with Gasteiger partial charge in [-0.05, 0) is 44.9 Å². The summed E-state index contributed by atoms with van der Waals surface area (Å²) >= 11 is 0. The van der Waals surface area contributed by atoms with Gasteiger partial charge >= 0.3 is 0 Å². The van der Waals surface area contributed by atoms with Gasteiger partial charge in [-0.2, -0.15) is 0 Å². The lowest BCUT2D eigenvalue weighted by molar-refractivity contribution is 0.164. The molecule has 23 heavy (non-hydrogen) atoms. The number of benzene rings is 1. The molecule has 2 bridgehead atoms. The summed E-state index contributed by atoms with van der Waals surface area (Å²) in [4.78, 5) is 7.31. The molecule has 2 aliphatic rings. The van der Waals surface area contributed by atoms with Crippen molar-refractivity contribution in [2.24, 2.45) is 0 Å². The van der Waals surface area contributed by atoms with Gasteiger partial charge in [-0.25, -0.2) is 0 Å². The summed E-state index contributed by atoms with van der Waals surface area (Å²) in [6.07, 6.45) is 5.31. The molecular weight excluding hydrogens is 329 g/mol. The van der Waals surface area contributed by atoms with E-state index in [0.29, 0.717) is 6.04 Å². The molecule has 2 unspecified atom stereocenters. The maximum Gasteiger partial charge on any atom is 0.0705 e. The van der Waals surface area contributed by atoms with Crippen molar-refractivity contribution in [3.05, 3.63) is 42.1 Å². The average Bonchev–Trinajstić information content (AvgIpc) is 2.85. The minimum absolute atomic E-state index is 0. The molecule has 4 rings (SSSR count). The van der Waals surface area contributed by atoms with E-state index in [1.165, 1.54) is 36.8 Å². The van der Waals surface area contributed by atoms with Gasteiger partial charge in [-0.3, -0.25) is 9.88 Å². The third-order valence-corrected chi connectivity index (χ3v) is 5.14. The number of aromatic nitrogens is 1. The molecule has 126 valence electrons. The van der Waals surface area contributed by atoms with E-state index in [1.807, 2.05) is 0 Å². The average molecular weight is 354 g/mol. The molecule has 1 aromatic carbocycles. The van der Waals surface area contributed by atoms with Crippen LogP contribution in [0.2, 0.25) is 0 Å². The molecule has 0 spiro atoms. The SMILES string of the molecule is CN(Cc1ccc2ccccc2n1)C1CC2CCC(C1)N2.Cl.Cl. The van der Waals surface area contributed by atoms with Crippen molar-refractivity contribution in [1.29, 1.82) is 0 Å². The molecule has 2 atom stereocenters. The maximum atomic E-state index is 4.81. The van der Waals surface area contributed by atoms with E-state index in [1.54, 1.807) is 0 Å². The van der Waals surface area contributed by atoms with E-state index >= 15 is 0 Å². The minimum Gasteiger partial charge on any atom is -0.311 e. The number of halogens is 2. The van der Waals surface area contributed by atoms with Crippen molar-refractivity contribution in [1.82, 2.24) is 15.2 Å². The van der Waals surface area contributed by atoms with E-state index in [0.717, 1.165) is 24.1 Å². The van der Waals surface area contributed by atoms with Gasteiger partial charge < -0.3 is 5.32 Å². The van der Waals surface area contributed by atoms with Crippen LogP contribution >= 0.6 is 24.8 Å². The fourth-order valence-corrected chi connectivity index (χ4v) is 3.97. The molecule has 1 aromatic heterocycles. The van der Waals surface area contributed by atoms with Gasteiger partial charge in [-0.1, -0.05) is 24.3 Å². The van der Waals surface area contributed by atoms with Gasteiger partial charge in [0.15, 0.2) is 0 Å². The van der Waals surface area contributed by atoms with Crippen LogP contribution in [0.15, 0.2) is 36.4 Å². The van der Waals surface area contributed by atoms with Gasteiger partial charge in [0.25, 0.3) is 0 Å². The summed E-state index contributed by atoms with van der Waals surface area (Å²) in [5.41, 5.74) is 2.29. The second-order valence-electron chi connectivity index (χ2n) is 6.67. The Bertz CT molecular complexity index is 637. The van der Waals surface area contributed by atoms with Gasteiger partial charge in [0, 0.05) is 30.1 Å². The van der Waals surface area contributed by atoms with Crippen molar-refractivity contribution >= 4 is 35.7 Å². The first-order valence-electron chi connectivity index (χ1n) is 8.09. The molecule has 5 heteroatoms. The van der Waals surface area contributed by atoms with Gasteiger partial charge in [0.2, 0.25) is 0 Å². The van der Waals surface area contributed by atoms with Crippen molar-refractivity contribution in [3.8, 4) is 0 Å². The first kappa shape index (κ1) is 18.5. The lowest BCUT2D eigenvalue weighted by Gasteiger charge is -2.35. The molecule has 2 aliphatic heterocycles. The summed E-state index contributed by atoms with van der Waals surface area (Å²) < 4.78 is 0. The molecular formula is C18H25Cl2N3. The highest BCUT2D eigenvalue weighted by atomic mass is 35.5. The fourth-order valence-electron chi connectivity index (χ4n) is 3.97. The summed E-state index contributed by atoms with van der Waals surface area (Å²) in [5.74, 6) is 0. The van der Waals surface area contributed by atoms with Crippen LogP contribution in [-0.4, -0.2) is 35.1 Å². The topological polar surface area (TPSA) is 28.2 Å². The summed E-state index contributed by atoms with van der Waals surface area (Å²) in [6, 6.07) is 14.9. The number of pyridine rings is 1. The van der Waals surface area contributed by atoms with Crippen molar-refractivity contribution in [2.75, 3.05) is 7.05 Å². The zero-order valence-electron chi connectivity index (χ0n) is 13.4. The smallest absolute Gasteiger partial charge is 0.0705 e. The van der Waals surface area contributed by atoms with Crippen LogP contribution in [0.4, 0.5) is 0 Å². The van der Waals surface area contributed by atoms with E-state index in [2.05, 4.69) is 53.7 Å². The molecule has 0 amide bonds. The predicted octanol–water partition coefficient (Wildman–Crippen LogP) is 3.79. The number of hydrogen-bond acceptors (Lipinski definition) is 3. The van der Waals surface area contributed by atoms with Gasteiger partial charge in [0.1, 0.15) is 0 Å². The second-order valence-corrected chi connectivity index (χ2v) is 6.67. The van der Waals surface area contributed by atoms with Crippen LogP contribution < -0.4 is 5.32 Å². The number of nitrogens with zero attached hydrogens (tertiary/aromatic N) is 2. The largest absolute Gasteiger partial charge is 0.311 e. The highest BCUT2D eigenvalue weighted by molar-refractivity contribution is 5.85. The third-order valence-electron chi connectivity index (χ3n) is 5.14. The van der Waals surface area contributed by atoms with E-state index in [9.17, 15) is 0 Å². The van der Waals surface area contributed by atoms with Crippen LogP contribution in [0.3, 0.4) is 0 Å². The standard InChI is InChI=1S/C18H23N3.2ClH/c1-21(17-10-14-8-9-15(11-17)19-14)12-16-7-6-13-4-2-3-5-18(13)20-16;;/h2-7,14-15,17,19H,8-12H2,1H3;2*1H. The Morgan fingerprint density at radius 2 is 1.74 bits per heavy atom. The van der Waals surface area contributed by atoms with Crippen molar-refractivity contribution in [3.63, 3.8) is 0 Å². The van der Waals surface area contributed by atoms with Crippen LogP contribution in [0, 0.1) is 0 Å². The Morgan fingerprint density at radius 3 is 2.48 bits per heavy atom. The van der Waals surface area contributed by atoms with Crippen molar-refractivity contribution < 1.29 is 0 Å². The highest BCUT2D eigenvalue weighted by Gasteiger charge is 2.34. The number of piperidine rings is 1. The Labute approximate surface area is 150 Å². The number of para-hydroxylation sites is 1. The lowest BCUT2D eigenvalue weighted by atomic mass is 9.98. The number of hydrogen-bond donors (Lipinski definition) is 1. The first-order chi connectivity index (χ1) is 10.3. The van der Waals surface area contributed by atoms with E-state index in [-0.39, 0.29) is 24.8 Å². The summed E-state index contributed by atoms with van der Waals surface area (Å²) in [7, 11) is 2.26. The molecule has 1 N–H and O–H groups in total. The molecule has 0 saturated carbocycles. The molecule has 2 aromatic rings. The second kappa shape index (κ2) is 7.80. The quantitative estimate of drug-likeness (QED) is 0.909. The van der Waals surface area contributed by atoms with Crippen LogP contribution in [0.5, 0.6) is 0 Å². The Hall–Kier alpha value is -0.870.